The van der Waals surface area contributed by atoms with Gasteiger partial charge in [-0.05, 0) is 50.0 Å². The number of likely N-dealkylation sites (tertiary alicyclic amines) is 1. The predicted octanol–water partition coefficient (Wildman–Crippen LogP) is 1.75. The molecule has 2 heterocycles. The quantitative estimate of drug-likeness (QED) is 0.902. The van der Waals surface area contributed by atoms with Gasteiger partial charge in [0.25, 0.3) is 0 Å². The Kier molecular flexibility index (Phi) is 4.43. The summed E-state index contributed by atoms with van der Waals surface area (Å²) in [5, 5.41) is 0.369. The topological polar surface area (TPSA) is 79.2 Å². The van der Waals surface area contributed by atoms with Gasteiger partial charge in [-0.3, -0.25) is 14.5 Å². The minimum absolute atomic E-state index is 0.170. The van der Waals surface area contributed by atoms with Crippen molar-refractivity contribution in [3.63, 3.8) is 0 Å². The summed E-state index contributed by atoms with van der Waals surface area (Å²) in [5.41, 5.74) is 6.55. The van der Waals surface area contributed by atoms with Crippen LogP contribution < -0.4 is 11.2 Å². The predicted molar refractivity (Wildman–Crippen MR) is 86.3 cm³/mol. The third-order valence-electron chi connectivity index (χ3n) is 4.44. The number of hydrogen-bond acceptors (Lipinski definition) is 3. The van der Waals surface area contributed by atoms with E-state index in [1.165, 1.54) is 18.2 Å². The van der Waals surface area contributed by atoms with Gasteiger partial charge in [0.1, 0.15) is 5.82 Å². The minimum Gasteiger partial charge on any atom is -0.370 e. The first-order valence-electron chi connectivity index (χ1n) is 7.83. The van der Waals surface area contributed by atoms with Gasteiger partial charge in [0.05, 0.1) is 0 Å². The van der Waals surface area contributed by atoms with Crippen LogP contribution in [0.3, 0.4) is 0 Å². The Morgan fingerprint density at radius 1 is 1.30 bits per heavy atom. The summed E-state index contributed by atoms with van der Waals surface area (Å²) in [6.07, 6.45) is 2.32. The monoisotopic (exact) mass is 317 g/mol. The summed E-state index contributed by atoms with van der Waals surface area (Å²) in [7, 11) is 0. The van der Waals surface area contributed by atoms with E-state index >= 15 is 0 Å². The highest BCUT2D eigenvalue weighted by atomic mass is 19.1. The lowest BCUT2D eigenvalue weighted by molar-refractivity contribution is -0.119. The molecule has 1 aliphatic rings. The average Bonchev–Trinajstić information content (AvgIpc) is 2.50. The lowest BCUT2D eigenvalue weighted by Gasteiger charge is -2.31. The van der Waals surface area contributed by atoms with Crippen LogP contribution in [-0.2, 0) is 11.3 Å². The van der Waals surface area contributed by atoms with Gasteiger partial charge < -0.3 is 10.7 Å². The lowest BCUT2D eigenvalue weighted by Crippen LogP contribution is -2.35. The molecule has 0 radical (unpaired) electrons. The van der Waals surface area contributed by atoms with Gasteiger partial charge in [-0.15, -0.1) is 0 Å². The van der Waals surface area contributed by atoms with Gasteiger partial charge in [0.15, 0.2) is 5.43 Å². The summed E-state index contributed by atoms with van der Waals surface area (Å²) in [6, 6.07) is 5.73. The van der Waals surface area contributed by atoms with E-state index in [2.05, 4.69) is 9.88 Å². The second-order valence-corrected chi connectivity index (χ2v) is 6.24. The summed E-state index contributed by atoms with van der Waals surface area (Å²) in [4.78, 5) is 28.5. The SMILES string of the molecule is NC(=O)CC1CCN(Cc2cc(=O)c3cc(F)ccc3[nH]2)CC1. The van der Waals surface area contributed by atoms with E-state index < -0.39 is 5.82 Å². The van der Waals surface area contributed by atoms with E-state index in [1.807, 2.05) is 0 Å². The molecule has 1 fully saturated rings. The second-order valence-electron chi connectivity index (χ2n) is 6.24. The fraction of sp³-hybridized carbons (Fsp3) is 0.412. The number of aromatic nitrogens is 1. The maximum Gasteiger partial charge on any atom is 0.217 e. The Morgan fingerprint density at radius 2 is 2.04 bits per heavy atom. The number of amides is 1. The zero-order valence-corrected chi connectivity index (χ0v) is 12.8. The molecule has 1 aliphatic heterocycles. The van der Waals surface area contributed by atoms with Crippen molar-refractivity contribution in [3.05, 3.63) is 46.0 Å². The molecule has 1 aromatic carbocycles. The smallest absolute Gasteiger partial charge is 0.217 e. The molecular formula is C17H20FN3O2. The van der Waals surface area contributed by atoms with Crippen LogP contribution in [0, 0.1) is 11.7 Å². The average molecular weight is 317 g/mol. The van der Waals surface area contributed by atoms with Crippen molar-refractivity contribution in [1.29, 1.82) is 0 Å². The number of halogens is 1. The molecule has 6 heteroatoms. The highest BCUT2D eigenvalue weighted by Gasteiger charge is 2.21. The molecular weight excluding hydrogens is 297 g/mol. The number of H-pyrrole nitrogens is 1. The van der Waals surface area contributed by atoms with E-state index in [0.29, 0.717) is 29.8 Å². The molecule has 1 saturated heterocycles. The molecule has 3 N–H and O–H groups in total. The van der Waals surface area contributed by atoms with Crippen molar-refractivity contribution in [2.75, 3.05) is 13.1 Å². The van der Waals surface area contributed by atoms with Gasteiger partial charge in [0.2, 0.25) is 5.91 Å². The lowest BCUT2D eigenvalue weighted by atomic mass is 9.93. The Morgan fingerprint density at radius 3 is 2.74 bits per heavy atom. The zero-order chi connectivity index (χ0) is 16.4. The number of nitrogens with two attached hydrogens (primary N) is 1. The van der Waals surface area contributed by atoms with Crippen molar-refractivity contribution in [1.82, 2.24) is 9.88 Å². The summed E-state index contributed by atoms with van der Waals surface area (Å²) in [6.45, 7) is 2.40. The molecule has 1 aromatic heterocycles. The fourth-order valence-corrected chi connectivity index (χ4v) is 3.23. The first-order chi connectivity index (χ1) is 11.0. The number of nitrogens with one attached hydrogen (secondary N) is 1. The summed E-state index contributed by atoms with van der Waals surface area (Å²) < 4.78 is 13.2. The van der Waals surface area contributed by atoms with E-state index in [9.17, 15) is 14.0 Å². The maximum absolute atomic E-state index is 13.2. The Labute approximate surface area is 133 Å². The molecule has 1 amide bonds. The van der Waals surface area contributed by atoms with Gasteiger partial charge in [-0.1, -0.05) is 0 Å². The highest BCUT2D eigenvalue weighted by molar-refractivity contribution is 5.78. The van der Waals surface area contributed by atoms with E-state index in [1.54, 1.807) is 6.07 Å². The normalized spacial score (nSPS) is 16.7. The van der Waals surface area contributed by atoms with E-state index in [-0.39, 0.29) is 11.3 Å². The van der Waals surface area contributed by atoms with Gasteiger partial charge in [-0.2, -0.15) is 0 Å². The van der Waals surface area contributed by atoms with Crippen molar-refractivity contribution >= 4 is 16.8 Å². The van der Waals surface area contributed by atoms with Crippen LogP contribution in [0.5, 0.6) is 0 Å². The number of hydrogen-bond donors (Lipinski definition) is 2. The molecule has 0 unspecified atom stereocenters. The number of fused-ring (bicyclic) bond motifs is 1. The van der Waals surface area contributed by atoms with Crippen LogP contribution in [0.4, 0.5) is 4.39 Å². The first kappa shape index (κ1) is 15.7. The van der Waals surface area contributed by atoms with Crippen LogP contribution >= 0.6 is 0 Å². The van der Waals surface area contributed by atoms with Crippen LogP contribution in [0.15, 0.2) is 29.1 Å². The zero-order valence-electron chi connectivity index (χ0n) is 12.8. The number of aromatic amines is 1. The van der Waals surface area contributed by atoms with Gasteiger partial charge >= 0.3 is 0 Å². The van der Waals surface area contributed by atoms with Crippen LogP contribution in [0.25, 0.3) is 10.9 Å². The number of primary amides is 1. The number of benzene rings is 1. The Bertz CT molecular complexity index is 779. The van der Waals surface area contributed by atoms with Gasteiger partial charge in [0, 0.05) is 35.6 Å². The second kappa shape index (κ2) is 6.50. The number of carbonyl (C=O) groups excluding carboxylic acids is 1. The van der Waals surface area contributed by atoms with Crippen molar-refractivity contribution in [2.24, 2.45) is 11.7 Å². The van der Waals surface area contributed by atoms with Crippen molar-refractivity contribution in [2.45, 2.75) is 25.8 Å². The molecule has 23 heavy (non-hydrogen) atoms. The molecule has 3 rings (SSSR count). The largest absolute Gasteiger partial charge is 0.370 e. The molecule has 0 aliphatic carbocycles. The first-order valence-corrected chi connectivity index (χ1v) is 7.83. The van der Waals surface area contributed by atoms with E-state index in [4.69, 9.17) is 5.73 Å². The molecule has 122 valence electrons. The third-order valence-corrected chi connectivity index (χ3v) is 4.44. The molecule has 0 spiro atoms. The van der Waals surface area contributed by atoms with Crippen LogP contribution in [-0.4, -0.2) is 28.9 Å². The Hall–Kier alpha value is -2.21. The number of pyridine rings is 1. The molecule has 0 atom stereocenters. The van der Waals surface area contributed by atoms with Crippen molar-refractivity contribution < 1.29 is 9.18 Å². The third kappa shape index (κ3) is 3.76. The molecule has 5 nitrogen and oxygen atoms in total. The minimum atomic E-state index is -0.410. The highest BCUT2D eigenvalue weighted by Crippen LogP contribution is 2.21. The summed E-state index contributed by atoms with van der Waals surface area (Å²) >= 11 is 0. The van der Waals surface area contributed by atoms with Gasteiger partial charge in [-0.25, -0.2) is 4.39 Å². The van der Waals surface area contributed by atoms with Crippen LogP contribution in [0.2, 0.25) is 0 Å². The van der Waals surface area contributed by atoms with E-state index in [0.717, 1.165) is 31.6 Å². The fourth-order valence-electron chi connectivity index (χ4n) is 3.23. The number of nitrogens with zero attached hydrogens (tertiary/aromatic N) is 1. The van der Waals surface area contributed by atoms with Crippen LogP contribution in [0.1, 0.15) is 25.0 Å². The Balaban J connectivity index is 1.69. The standard InChI is InChI=1S/C17H20FN3O2/c18-12-1-2-15-14(8-12)16(22)9-13(20-15)10-21-5-3-11(4-6-21)7-17(19)23/h1-2,8-9,11H,3-7,10H2,(H2,19,23)(H,20,22). The molecule has 0 bridgehead atoms. The molecule has 2 aromatic rings. The summed E-state index contributed by atoms with van der Waals surface area (Å²) in [5.74, 6) is -0.288. The van der Waals surface area contributed by atoms with Crippen molar-refractivity contribution in [3.8, 4) is 0 Å². The number of piperidine rings is 1. The number of rotatable bonds is 4. The number of carbonyl (C=O) groups is 1. The maximum atomic E-state index is 13.2. The molecule has 0 saturated carbocycles.